The molecule has 0 aliphatic heterocycles. The van der Waals surface area contributed by atoms with Crippen molar-refractivity contribution in [3.63, 3.8) is 0 Å². The molecule has 0 heterocycles. The van der Waals surface area contributed by atoms with Crippen molar-refractivity contribution in [1.29, 1.82) is 0 Å². The summed E-state index contributed by atoms with van der Waals surface area (Å²) in [5.74, 6) is -0.589. The summed E-state index contributed by atoms with van der Waals surface area (Å²) in [4.78, 5) is 26.2. The van der Waals surface area contributed by atoms with E-state index in [1.165, 1.54) is 96.3 Å². The van der Waals surface area contributed by atoms with Crippen LogP contribution < -0.4 is 5.32 Å². The maximum Gasteiger partial charge on any atom is 0.306 e. The summed E-state index contributed by atoms with van der Waals surface area (Å²) in [6.45, 7) is 6.23. The first-order chi connectivity index (χ1) is 34.0. The number of amides is 1. The van der Waals surface area contributed by atoms with Gasteiger partial charge in [0.2, 0.25) is 5.91 Å². The van der Waals surface area contributed by atoms with Gasteiger partial charge >= 0.3 is 5.97 Å². The molecular formula is C63H103NO5. The number of aliphatic hydroxyl groups is 2. The number of nitrogens with one attached hydrogen (secondary N) is 1. The second-order valence-electron chi connectivity index (χ2n) is 18.5. The summed E-state index contributed by atoms with van der Waals surface area (Å²) in [6.07, 6.45) is 77.9. The van der Waals surface area contributed by atoms with Gasteiger partial charge in [-0.15, -0.1) is 0 Å². The van der Waals surface area contributed by atoms with E-state index in [-0.39, 0.29) is 24.9 Å². The molecule has 0 spiro atoms. The Labute approximate surface area is 424 Å². The summed E-state index contributed by atoms with van der Waals surface area (Å²) >= 11 is 0. The van der Waals surface area contributed by atoms with Crippen molar-refractivity contribution in [3.05, 3.63) is 134 Å². The SMILES string of the molecule is CC\C=C/C=C/C=C/C=C\C=C\C=C\CCCC(CC(=O)NC(CO)C(O)CCCCCCCCCCCCCCCCCCC)OC(=O)CCCCCCC/C=C/C=C/C=C/C=C/C=C/CCC. The maximum absolute atomic E-state index is 13.3. The molecule has 0 fully saturated rings. The monoisotopic (exact) mass is 954 g/mol. The van der Waals surface area contributed by atoms with Crippen LogP contribution in [0, 0.1) is 0 Å². The Morgan fingerprint density at radius 1 is 0.435 bits per heavy atom. The summed E-state index contributed by atoms with van der Waals surface area (Å²) in [5.41, 5.74) is 0. The highest BCUT2D eigenvalue weighted by Crippen LogP contribution is 2.17. The summed E-state index contributed by atoms with van der Waals surface area (Å²) < 4.78 is 5.90. The number of hydrogen-bond donors (Lipinski definition) is 3. The first-order valence-electron chi connectivity index (χ1n) is 28.1. The first-order valence-corrected chi connectivity index (χ1v) is 28.1. The molecule has 3 atom stereocenters. The zero-order valence-corrected chi connectivity index (χ0v) is 44.4. The molecule has 0 bridgehead atoms. The Kier molecular flexibility index (Phi) is 51.7. The van der Waals surface area contributed by atoms with Gasteiger partial charge in [-0.1, -0.05) is 289 Å². The molecule has 0 aromatic rings. The average Bonchev–Trinajstić information content (AvgIpc) is 3.34. The molecule has 0 aromatic carbocycles. The topological polar surface area (TPSA) is 95.9 Å². The number of ether oxygens (including phenoxy) is 1. The lowest BCUT2D eigenvalue weighted by Gasteiger charge is -2.24. The van der Waals surface area contributed by atoms with E-state index in [1.54, 1.807) is 0 Å². The van der Waals surface area contributed by atoms with Crippen LogP contribution in [0.15, 0.2) is 134 Å². The molecule has 3 unspecified atom stereocenters. The van der Waals surface area contributed by atoms with Crippen LogP contribution in [0.25, 0.3) is 0 Å². The normalized spacial score (nSPS) is 14.2. The lowest BCUT2D eigenvalue weighted by atomic mass is 10.0. The molecule has 69 heavy (non-hydrogen) atoms. The van der Waals surface area contributed by atoms with Crippen LogP contribution in [-0.2, 0) is 14.3 Å². The zero-order chi connectivity index (χ0) is 50.2. The minimum absolute atomic E-state index is 0.00680. The lowest BCUT2D eigenvalue weighted by Crippen LogP contribution is -2.46. The van der Waals surface area contributed by atoms with E-state index in [0.717, 1.165) is 83.5 Å². The van der Waals surface area contributed by atoms with Crippen molar-refractivity contribution in [2.45, 2.75) is 244 Å². The number of aliphatic hydroxyl groups excluding tert-OH is 2. The van der Waals surface area contributed by atoms with E-state index in [4.69, 9.17) is 4.74 Å². The summed E-state index contributed by atoms with van der Waals surface area (Å²) in [6, 6.07) is -0.742. The predicted octanol–water partition coefficient (Wildman–Crippen LogP) is 17.4. The minimum Gasteiger partial charge on any atom is -0.462 e. The van der Waals surface area contributed by atoms with Crippen LogP contribution in [0.2, 0.25) is 0 Å². The Hall–Kier alpha value is -4.00. The van der Waals surface area contributed by atoms with Crippen molar-refractivity contribution < 1.29 is 24.5 Å². The van der Waals surface area contributed by atoms with Gasteiger partial charge in [-0.25, -0.2) is 0 Å². The molecule has 0 rings (SSSR count). The number of rotatable bonds is 48. The molecule has 1 amide bonds. The second-order valence-corrected chi connectivity index (χ2v) is 18.5. The van der Waals surface area contributed by atoms with Crippen molar-refractivity contribution in [3.8, 4) is 0 Å². The molecule has 0 saturated carbocycles. The van der Waals surface area contributed by atoms with E-state index in [2.05, 4.69) is 74.7 Å². The van der Waals surface area contributed by atoms with E-state index in [1.807, 2.05) is 85.1 Å². The summed E-state index contributed by atoms with van der Waals surface area (Å²) in [7, 11) is 0. The van der Waals surface area contributed by atoms with Crippen molar-refractivity contribution in [1.82, 2.24) is 5.32 Å². The molecule has 6 nitrogen and oxygen atoms in total. The Morgan fingerprint density at radius 2 is 0.826 bits per heavy atom. The van der Waals surface area contributed by atoms with Gasteiger partial charge in [0.25, 0.3) is 0 Å². The number of esters is 1. The number of allylic oxidation sites excluding steroid dienone is 22. The Morgan fingerprint density at radius 3 is 1.28 bits per heavy atom. The quantitative estimate of drug-likeness (QED) is 0.0321. The van der Waals surface area contributed by atoms with Gasteiger partial charge in [0.15, 0.2) is 0 Å². The molecule has 6 heteroatoms. The summed E-state index contributed by atoms with van der Waals surface area (Å²) in [5, 5.41) is 23.9. The van der Waals surface area contributed by atoms with Crippen LogP contribution in [0.1, 0.15) is 226 Å². The fourth-order valence-electron chi connectivity index (χ4n) is 7.79. The van der Waals surface area contributed by atoms with Crippen LogP contribution >= 0.6 is 0 Å². The molecule has 0 aliphatic rings. The van der Waals surface area contributed by atoms with Crippen molar-refractivity contribution in [2.75, 3.05) is 6.61 Å². The van der Waals surface area contributed by atoms with E-state index < -0.39 is 18.2 Å². The highest BCUT2D eigenvalue weighted by molar-refractivity contribution is 5.77. The van der Waals surface area contributed by atoms with Crippen LogP contribution in [0.5, 0.6) is 0 Å². The number of unbranched alkanes of at least 4 members (excludes halogenated alkanes) is 23. The smallest absolute Gasteiger partial charge is 0.306 e. The highest BCUT2D eigenvalue weighted by atomic mass is 16.5. The van der Waals surface area contributed by atoms with Gasteiger partial charge in [-0.05, 0) is 57.8 Å². The number of carbonyl (C=O) groups excluding carboxylic acids is 2. The minimum atomic E-state index is -0.823. The van der Waals surface area contributed by atoms with E-state index in [9.17, 15) is 19.8 Å². The molecule has 3 N–H and O–H groups in total. The highest BCUT2D eigenvalue weighted by Gasteiger charge is 2.24. The fourth-order valence-corrected chi connectivity index (χ4v) is 7.79. The molecular weight excluding hydrogens is 851 g/mol. The molecule has 390 valence electrons. The van der Waals surface area contributed by atoms with Gasteiger partial charge in [0.1, 0.15) is 6.10 Å². The number of hydrogen-bond acceptors (Lipinski definition) is 5. The third-order valence-corrected chi connectivity index (χ3v) is 12.0. The van der Waals surface area contributed by atoms with E-state index in [0.29, 0.717) is 19.3 Å². The predicted molar refractivity (Wildman–Crippen MR) is 300 cm³/mol. The van der Waals surface area contributed by atoms with E-state index >= 15 is 0 Å². The maximum atomic E-state index is 13.3. The Bertz CT molecular complexity index is 1490. The van der Waals surface area contributed by atoms with Crippen LogP contribution in [-0.4, -0.2) is 46.9 Å². The van der Waals surface area contributed by atoms with Gasteiger partial charge in [0.05, 0.1) is 25.2 Å². The number of carbonyl (C=O) groups is 2. The lowest BCUT2D eigenvalue weighted by molar-refractivity contribution is -0.151. The largest absolute Gasteiger partial charge is 0.462 e. The van der Waals surface area contributed by atoms with Gasteiger partial charge in [-0.3, -0.25) is 9.59 Å². The molecule has 0 aromatic heterocycles. The fraction of sp³-hybridized carbons (Fsp3) is 0.619. The third-order valence-electron chi connectivity index (χ3n) is 12.0. The van der Waals surface area contributed by atoms with Crippen LogP contribution in [0.4, 0.5) is 0 Å². The van der Waals surface area contributed by atoms with Gasteiger partial charge < -0.3 is 20.3 Å². The van der Waals surface area contributed by atoms with Crippen molar-refractivity contribution in [2.24, 2.45) is 0 Å². The van der Waals surface area contributed by atoms with Gasteiger partial charge in [0, 0.05) is 6.42 Å². The first kappa shape index (κ1) is 65.0. The third kappa shape index (κ3) is 50.2. The van der Waals surface area contributed by atoms with Gasteiger partial charge in [-0.2, -0.15) is 0 Å². The van der Waals surface area contributed by atoms with Crippen LogP contribution in [0.3, 0.4) is 0 Å². The Balaban J connectivity index is 4.74. The zero-order valence-electron chi connectivity index (χ0n) is 44.4. The second kappa shape index (κ2) is 54.9. The molecule has 0 saturated heterocycles. The molecule has 0 aliphatic carbocycles. The average molecular weight is 955 g/mol. The molecule has 0 radical (unpaired) electrons. The standard InChI is InChI=1S/C63H103NO5/c1-4-7-10-13-16-19-22-25-28-30-32-35-38-41-44-47-50-53-56-63(68)69-59(54-51-48-45-42-39-36-33-27-24-21-18-15-12-9-6-3)57-62(67)64-60(58-65)61(66)55-52-49-46-43-40-37-34-31-29-26-23-20-17-14-11-8-5-2/h9-10,12-13,15-16,18-19,21-22,24-25,27-28,30,32-33,35-36,39,42,45,59-61,65-66H,4-8,11,14,17,20,23,26,29,31,34,37-38,40-41,43-44,46-58H2,1-3H3,(H,64,67)/b12-9-,13-10+,18-15+,19-16+,24-21+,25-22+,30-28+,33-27-,35-32+,39-36+,45-42+. The van der Waals surface area contributed by atoms with Crippen molar-refractivity contribution >= 4 is 11.9 Å².